The first-order chi connectivity index (χ1) is 12.8. The molecule has 0 spiro atoms. The molecule has 0 amide bonds. The number of rotatable bonds is 5. The van der Waals surface area contributed by atoms with E-state index in [2.05, 4.69) is 20.3 Å². The van der Waals surface area contributed by atoms with Gasteiger partial charge in [-0.2, -0.15) is 0 Å². The number of benzene rings is 2. The van der Waals surface area contributed by atoms with Crippen molar-refractivity contribution in [3.63, 3.8) is 0 Å². The van der Waals surface area contributed by atoms with Crippen LogP contribution in [0.3, 0.4) is 0 Å². The molecule has 4 rings (SSSR count). The van der Waals surface area contributed by atoms with Gasteiger partial charge in [-0.3, -0.25) is 4.98 Å². The fourth-order valence-corrected chi connectivity index (χ4v) is 2.79. The van der Waals surface area contributed by atoms with Gasteiger partial charge in [-0.25, -0.2) is 14.4 Å². The second-order valence-corrected chi connectivity index (χ2v) is 5.97. The molecule has 4 aromatic rings. The molecule has 0 saturated heterocycles. The molecule has 0 radical (unpaired) electrons. The number of hydrogen-bond donors (Lipinski definition) is 1. The van der Waals surface area contributed by atoms with Crippen LogP contribution in [0.4, 0.5) is 10.3 Å². The molecular formula is C21H17FN4. The summed E-state index contributed by atoms with van der Waals surface area (Å²) in [4.78, 5) is 13.2. The van der Waals surface area contributed by atoms with Crippen molar-refractivity contribution in [3.8, 4) is 11.1 Å². The highest BCUT2D eigenvalue weighted by atomic mass is 19.1. The Labute approximate surface area is 150 Å². The molecule has 0 bridgehead atoms. The lowest BCUT2D eigenvalue weighted by atomic mass is 10.0. The third kappa shape index (κ3) is 3.67. The molecule has 2 heterocycles. The van der Waals surface area contributed by atoms with Gasteiger partial charge in [0.15, 0.2) is 0 Å². The van der Waals surface area contributed by atoms with E-state index in [9.17, 15) is 4.39 Å². The van der Waals surface area contributed by atoms with E-state index in [1.165, 1.54) is 12.1 Å². The van der Waals surface area contributed by atoms with Gasteiger partial charge < -0.3 is 5.32 Å². The number of halogens is 1. The summed E-state index contributed by atoms with van der Waals surface area (Å²) in [6.07, 6.45) is 4.41. The number of nitrogens with zero attached hydrogens (tertiary/aromatic N) is 3. The van der Waals surface area contributed by atoms with E-state index < -0.39 is 0 Å². The summed E-state index contributed by atoms with van der Waals surface area (Å²) in [6, 6.07) is 18.3. The van der Waals surface area contributed by atoms with Crippen molar-refractivity contribution in [2.45, 2.75) is 6.42 Å². The largest absolute Gasteiger partial charge is 0.354 e. The van der Waals surface area contributed by atoms with Gasteiger partial charge in [0.1, 0.15) is 5.82 Å². The Balaban J connectivity index is 1.49. The van der Waals surface area contributed by atoms with Gasteiger partial charge in [-0.15, -0.1) is 0 Å². The van der Waals surface area contributed by atoms with Crippen molar-refractivity contribution in [3.05, 3.63) is 84.6 Å². The van der Waals surface area contributed by atoms with E-state index in [1.807, 2.05) is 36.4 Å². The highest BCUT2D eigenvalue weighted by Gasteiger charge is 2.04. The minimum absolute atomic E-state index is 0.237. The molecule has 0 fully saturated rings. The monoisotopic (exact) mass is 344 g/mol. The summed E-state index contributed by atoms with van der Waals surface area (Å²) >= 11 is 0. The first-order valence-electron chi connectivity index (χ1n) is 8.44. The van der Waals surface area contributed by atoms with Crippen LogP contribution in [0, 0.1) is 5.82 Å². The molecule has 0 aliphatic heterocycles. The maximum Gasteiger partial charge on any atom is 0.223 e. The lowest BCUT2D eigenvalue weighted by Gasteiger charge is -2.07. The Morgan fingerprint density at radius 1 is 0.885 bits per heavy atom. The Morgan fingerprint density at radius 2 is 1.73 bits per heavy atom. The van der Waals surface area contributed by atoms with E-state index in [-0.39, 0.29) is 5.82 Å². The van der Waals surface area contributed by atoms with Crippen LogP contribution in [0.2, 0.25) is 0 Å². The molecule has 5 heteroatoms. The zero-order valence-electron chi connectivity index (χ0n) is 14.1. The molecule has 1 N–H and O–H groups in total. The maximum atomic E-state index is 13.1. The van der Waals surface area contributed by atoms with Crippen LogP contribution in [-0.2, 0) is 6.42 Å². The van der Waals surface area contributed by atoms with Gasteiger partial charge in [-0.1, -0.05) is 24.3 Å². The van der Waals surface area contributed by atoms with E-state index in [0.29, 0.717) is 5.95 Å². The molecule has 2 aromatic carbocycles. The highest BCUT2D eigenvalue weighted by Crippen LogP contribution is 2.24. The first kappa shape index (κ1) is 16.1. The Hall–Kier alpha value is -3.34. The van der Waals surface area contributed by atoms with Crippen molar-refractivity contribution in [1.82, 2.24) is 15.0 Å². The molecule has 4 nitrogen and oxygen atoms in total. The van der Waals surface area contributed by atoms with Crippen molar-refractivity contribution < 1.29 is 4.39 Å². The Bertz CT molecular complexity index is 1020. The molecule has 26 heavy (non-hydrogen) atoms. The SMILES string of the molecule is Fc1ccc(-c2ccc3nc(NCCc4ccccn4)ncc3c2)cc1. The summed E-state index contributed by atoms with van der Waals surface area (Å²) in [5.74, 6) is 0.363. The van der Waals surface area contributed by atoms with Gasteiger partial charge in [0.2, 0.25) is 5.95 Å². The van der Waals surface area contributed by atoms with Crippen LogP contribution < -0.4 is 5.32 Å². The Morgan fingerprint density at radius 3 is 2.54 bits per heavy atom. The first-order valence-corrected chi connectivity index (χ1v) is 8.44. The Kier molecular flexibility index (Phi) is 4.51. The van der Waals surface area contributed by atoms with Crippen LogP contribution >= 0.6 is 0 Å². The van der Waals surface area contributed by atoms with Crippen molar-refractivity contribution in [2.75, 3.05) is 11.9 Å². The summed E-state index contributed by atoms with van der Waals surface area (Å²) < 4.78 is 13.1. The smallest absolute Gasteiger partial charge is 0.223 e. The fourth-order valence-electron chi connectivity index (χ4n) is 2.79. The summed E-state index contributed by atoms with van der Waals surface area (Å²) in [6.45, 7) is 0.718. The molecule has 0 aliphatic carbocycles. The zero-order valence-corrected chi connectivity index (χ0v) is 14.1. The number of hydrogen-bond acceptors (Lipinski definition) is 4. The topological polar surface area (TPSA) is 50.7 Å². The van der Waals surface area contributed by atoms with Crippen molar-refractivity contribution in [1.29, 1.82) is 0 Å². The number of aromatic nitrogens is 3. The van der Waals surface area contributed by atoms with Gasteiger partial charge in [0.05, 0.1) is 5.52 Å². The van der Waals surface area contributed by atoms with Crippen LogP contribution in [0.5, 0.6) is 0 Å². The lowest BCUT2D eigenvalue weighted by Crippen LogP contribution is -2.08. The predicted molar refractivity (Wildman–Crippen MR) is 101 cm³/mol. The number of fused-ring (bicyclic) bond motifs is 1. The molecule has 0 saturated carbocycles. The molecule has 2 aromatic heterocycles. The summed E-state index contributed by atoms with van der Waals surface area (Å²) in [7, 11) is 0. The maximum absolute atomic E-state index is 13.1. The van der Waals surface area contributed by atoms with Gasteiger partial charge in [0, 0.05) is 36.4 Å². The van der Waals surface area contributed by atoms with Crippen LogP contribution in [0.1, 0.15) is 5.69 Å². The van der Waals surface area contributed by atoms with E-state index in [4.69, 9.17) is 0 Å². The second-order valence-electron chi connectivity index (χ2n) is 5.97. The average Bonchev–Trinajstić information content (AvgIpc) is 2.69. The van der Waals surface area contributed by atoms with Gasteiger partial charge >= 0.3 is 0 Å². The van der Waals surface area contributed by atoms with Gasteiger partial charge in [0.25, 0.3) is 0 Å². The van der Waals surface area contributed by atoms with Crippen molar-refractivity contribution >= 4 is 16.9 Å². The quantitative estimate of drug-likeness (QED) is 0.580. The van der Waals surface area contributed by atoms with Crippen molar-refractivity contribution in [2.24, 2.45) is 0 Å². The molecule has 0 atom stereocenters. The highest BCUT2D eigenvalue weighted by molar-refractivity contribution is 5.84. The fraction of sp³-hybridized carbons (Fsp3) is 0.0952. The standard InChI is InChI=1S/C21H17FN4/c22-18-7-4-15(5-8-18)16-6-9-20-17(13-16)14-25-21(26-20)24-12-10-19-3-1-2-11-23-19/h1-9,11,13-14H,10,12H2,(H,24,25,26). The number of nitrogens with one attached hydrogen (secondary N) is 1. The minimum Gasteiger partial charge on any atom is -0.354 e. The molecule has 128 valence electrons. The number of anilines is 1. The molecule has 0 aliphatic rings. The third-order valence-electron chi connectivity index (χ3n) is 4.15. The summed E-state index contributed by atoms with van der Waals surface area (Å²) in [5, 5.41) is 4.18. The van der Waals surface area contributed by atoms with Gasteiger partial charge in [-0.05, 0) is 47.5 Å². The van der Waals surface area contributed by atoms with Crippen LogP contribution in [-0.4, -0.2) is 21.5 Å². The van der Waals surface area contributed by atoms with Crippen LogP contribution in [0.25, 0.3) is 22.0 Å². The zero-order chi connectivity index (χ0) is 17.8. The van der Waals surface area contributed by atoms with Crippen LogP contribution in [0.15, 0.2) is 73.1 Å². The normalized spacial score (nSPS) is 10.8. The summed E-state index contributed by atoms with van der Waals surface area (Å²) in [5.41, 5.74) is 3.87. The molecular weight excluding hydrogens is 327 g/mol. The second kappa shape index (κ2) is 7.27. The van der Waals surface area contributed by atoms with E-state index in [1.54, 1.807) is 24.5 Å². The third-order valence-corrected chi connectivity index (χ3v) is 4.15. The van der Waals surface area contributed by atoms with E-state index in [0.717, 1.165) is 40.7 Å². The van der Waals surface area contributed by atoms with E-state index >= 15 is 0 Å². The molecule has 0 unspecified atom stereocenters. The lowest BCUT2D eigenvalue weighted by molar-refractivity contribution is 0.628. The predicted octanol–water partition coefficient (Wildman–Crippen LogP) is 4.49. The number of pyridine rings is 1. The average molecular weight is 344 g/mol. The minimum atomic E-state index is -0.237.